The Morgan fingerprint density at radius 3 is 2.56 bits per heavy atom. The van der Waals surface area contributed by atoms with Gasteiger partial charge in [0.05, 0.1) is 11.1 Å². The molecule has 0 unspecified atom stereocenters. The first-order valence-corrected chi connectivity index (χ1v) is 5.26. The van der Waals surface area contributed by atoms with Crippen molar-refractivity contribution in [2.24, 2.45) is 5.84 Å². The lowest BCUT2D eigenvalue weighted by atomic mass is 10.1. The van der Waals surface area contributed by atoms with Gasteiger partial charge in [0.2, 0.25) is 0 Å². The number of nitrogens with two attached hydrogens (primary N) is 1. The number of rotatable bonds is 1. The Hall–Kier alpha value is 0.230. The third-order valence-corrected chi connectivity index (χ3v) is 3.18. The molecular weight excluding hydrogens is 292 g/mol. The van der Waals surface area contributed by atoms with E-state index in [4.69, 9.17) is 29.0 Å². The van der Waals surface area contributed by atoms with Crippen molar-refractivity contribution in [3.05, 3.63) is 28.0 Å². The second-order valence-corrected chi connectivity index (χ2v) is 4.20. The van der Waals surface area contributed by atoms with Crippen molar-refractivity contribution in [3.63, 3.8) is 0 Å². The molecule has 0 amide bonds. The highest BCUT2D eigenvalue weighted by Gasteiger charge is 2.23. The highest BCUT2D eigenvalue weighted by molar-refractivity contribution is 6.41. The van der Waals surface area contributed by atoms with E-state index >= 15 is 0 Å². The monoisotopic (exact) mass is 303 g/mol. The number of hydrogen-bond donors (Lipinski definition) is 1. The minimum atomic E-state index is 0. The van der Waals surface area contributed by atoms with Crippen LogP contribution in [0.1, 0.15) is 24.4 Å². The summed E-state index contributed by atoms with van der Waals surface area (Å²) >= 11 is 11.6. The molecule has 0 aromatic carbocycles. The minimum absolute atomic E-state index is 0. The van der Waals surface area contributed by atoms with Crippen LogP contribution in [-0.4, -0.2) is 16.5 Å². The molecule has 16 heavy (non-hydrogen) atoms. The molecule has 1 aromatic heterocycles. The molecule has 1 aromatic rings. The maximum atomic E-state index is 5.89. The molecule has 0 aliphatic carbocycles. The van der Waals surface area contributed by atoms with Gasteiger partial charge in [-0.3, -0.25) is 5.84 Å². The van der Waals surface area contributed by atoms with Crippen LogP contribution in [-0.2, 0) is 0 Å². The van der Waals surface area contributed by atoms with Gasteiger partial charge >= 0.3 is 0 Å². The molecule has 0 saturated carbocycles. The summed E-state index contributed by atoms with van der Waals surface area (Å²) in [5.41, 5.74) is 1.04. The van der Waals surface area contributed by atoms with Gasteiger partial charge in [0.15, 0.2) is 0 Å². The van der Waals surface area contributed by atoms with Gasteiger partial charge in [0.25, 0.3) is 0 Å². The predicted molar refractivity (Wildman–Crippen MR) is 71.6 cm³/mol. The topological polar surface area (TPSA) is 42.1 Å². The summed E-state index contributed by atoms with van der Waals surface area (Å²) in [6, 6.07) is 2.07. The Morgan fingerprint density at radius 2 is 2.06 bits per heavy atom. The number of hydrazine groups is 1. The number of hydrogen-bond acceptors (Lipinski definition) is 3. The van der Waals surface area contributed by atoms with Crippen LogP contribution in [0.25, 0.3) is 0 Å². The van der Waals surface area contributed by atoms with E-state index in [9.17, 15) is 0 Å². The number of halogens is 4. The molecule has 0 radical (unpaired) electrons. The Morgan fingerprint density at radius 1 is 1.38 bits per heavy atom. The maximum Gasteiger partial charge on any atom is 0.147 e. The standard InChI is InChI=1S/C9H11Cl2N3.2ClH/c10-7-4-6(5-13-9(7)11)8-2-1-3-14(8)12;;/h4-5,8H,1-3,12H2;2*1H/t8-;;/m1../s1. The summed E-state index contributed by atoms with van der Waals surface area (Å²) in [5, 5.41) is 2.66. The summed E-state index contributed by atoms with van der Waals surface area (Å²) in [6.45, 7) is 0.922. The van der Waals surface area contributed by atoms with Gasteiger partial charge in [-0.15, -0.1) is 24.8 Å². The summed E-state index contributed by atoms with van der Waals surface area (Å²) in [7, 11) is 0. The van der Waals surface area contributed by atoms with Crippen LogP contribution in [0, 0.1) is 0 Å². The largest absolute Gasteiger partial charge is 0.268 e. The van der Waals surface area contributed by atoms with Crippen LogP contribution >= 0.6 is 48.0 Å². The van der Waals surface area contributed by atoms with E-state index in [0.717, 1.165) is 24.9 Å². The van der Waals surface area contributed by atoms with E-state index in [1.165, 1.54) is 0 Å². The van der Waals surface area contributed by atoms with Crippen molar-refractivity contribution in [3.8, 4) is 0 Å². The average Bonchev–Trinajstić information content (AvgIpc) is 2.57. The zero-order valence-electron chi connectivity index (χ0n) is 8.40. The summed E-state index contributed by atoms with van der Waals surface area (Å²) in [6.07, 6.45) is 3.90. The van der Waals surface area contributed by atoms with Crippen LogP contribution in [0.5, 0.6) is 0 Å². The molecule has 2 rings (SSSR count). The van der Waals surface area contributed by atoms with Gasteiger partial charge in [-0.1, -0.05) is 23.2 Å². The predicted octanol–water partition coefficient (Wildman–Crippen LogP) is 3.24. The van der Waals surface area contributed by atoms with E-state index in [2.05, 4.69) is 4.98 Å². The van der Waals surface area contributed by atoms with E-state index in [0.29, 0.717) is 10.2 Å². The van der Waals surface area contributed by atoms with E-state index < -0.39 is 0 Å². The zero-order valence-corrected chi connectivity index (χ0v) is 11.5. The summed E-state index contributed by atoms with van der Waals surface area (Å²) < 4.78 is 0. The van der Waals surface area contributed by atoms with Gasteiger partial charge in [0, 0.05) is 12.7 Å². The third kappa shape index (κ3) is 3.36. The number of nitrogens with zero attached hydrogens (tertiary/aromatic N) is 2. The first-order valence-electron chi connectivity index (χ1n) is 4.51. The molecule has 1 fully saturated rings. The van der Waals surface area contributed by atoms with Crippen molar-refractivity contribution in [2.75, 3.05) is 6.54 Å². The summed E-state index contributed by atoms with van der Waals surface area (Å²) in [4.78, 5) is 4.01. The van der Waals surface area contributed by atoms with Gasteiger partial charge in [-0.2, -0.15) is 0 Å². The molecule has 1 saturated heterocycles. The summed E-state index contributed by atoms with van der Waals surface area (Å²) in [5.74, 6) is 5.83. The Kier molecular flexibility index (Phi) is 6.94. The van der Waals surface area contributed by atoms with Crippen molar-refractivity contribution in [1.29, 1.82) is 0 Å². The number of pyridine rings is 1. The lowest BCUT2D eigenvalue weighted by Crippen LogP contribution is -2.30. The molecule has 2 N–H and O–H groups in total. The molecule has 1 aliphatic rings. The van der Waals surface area contributed by atoms with Gasteiger partial charge < -0.3 is 0 Å². The number of aromatic nitrogens is 1. The molecule has 0 bridgehead atoms. The fourth-order valence-corrected chi connectivity index (χ4v) is 2.04. The van der Waals surface area contributed by atoms with E-state index in [1.54, 1.807) is 6.20 Å². The highest BCUT2D eigenvalue weighted by Crippen LogP contribution is 2.31. The fraction of sp³-hybridized carbons (Fsp3) is 0.444. The molecule has 1 aliphatic heterocycles. The van der Waals surface area contributed by atoms with Crippen LogP contribution in [0.15, 0.2) is 12.3 Å². The van der Waals surface area contributed by atoms with Crippen LogP contribution < -0.4 is 5.84 Å². The van der Waals surface area contributed by atoms with Gasteiger partial charge in [-0.25, -0.2) is 9.99 Å². The van der Waals surface area contributed by atoms with Crippen LogP contribution in [0.3, 0.4) is 0 Å². The Labute approximate surface area is 117 Å². The minimum Gasteiger partial charge on any atom is -0.268 e. The van der Waals surface area contributed by atoms with Crippen LogP contribution in [0.4, 0.5) is 0 Å². The fourth-order valence-electron chi connectivity index (χ4n) is 1.77. The second kappa shape index (κ2) is 6.84. The molecule has 2 heterocycles. The molecule has 3 nitrogen and oxygen atoms in total. The van der Waals surface area contributed by atoms with Crippen molar-refractivity contribution in [1.82, 2.24) is 9.99 Å². The molecule has 7 heteroatoms. The first kappa shape index (κ1) is 16.2. The van der Waals surface area contributed by atoms with Crippen LogP contribution in [0.2, 0.25) is 10.2 Å². The first-order chi connectivity index (χ1) is 6.68. The van der Waals surface area contributed by atoms with Gasteiger partial charge in [-0.05, 0) is 24.5 Å². The van der Waals surface area contributed by atoms with Gasteiger partial charge in [0.1, 0.15) is 5.15 Å². The average molecular weight is 305 g/mol. The van der Waals surface area contributed by atoms with Crippen molar-refractivity contribution in [2.45, 2.75) is 18.9 Å². The highest BCUT2D eigenvalue weighted by atomic mass is 35.5. The van der Waals surface area contributed by atoms with Crippen molar-refractivity contribution >= 4 is 48.0 Å². The lowest BCUT2D eigenvalue weighted by Gasteiger charge is -2.19. The Balaban J connectivity index is 0.00000112. The third-order valence-electron chi connectivity index (χ3n) is 2.50. The molecule has 1 atom stereocenters. The zero-order chi connectivity index (χ0) is 10.1. The normalized spacial score (nSPS) is 20.1. The molecule has 92 valence electrons. The smallest absolute Gasteiger partial charge is 0.147 e. The second-order valence-electron chi connectivity index (χ2n) is 3.44. The quantitative estimate of drug-likeness (QED) is 0.640. The molecule has 0 spiro atoms. The lowest BCUT2D eigenvalue weighted by molar-refractivity contribution is 0.266. The Bertz CT molecular complexity index is 348. The van der Waals surface area contributed by atoms with E-state index in [-0.39, 0.29) is 30.9 Å². The van der Waals surface area contributed by atoms with E-state index in [1.807, 2.05) is 11.1 Å². The maximum absolute atomic E-state index is 5.89. The van der Waals surface area contributed by atoms with Crippen molar-refractivity contribution < 1.29 is 0 Å². The molecular formula is C9H13Cl4N3. The SMILES string of the molecule is Cl.Cl.NN1CCC[C@@H]1c1cnc(Cl)c(Cl)c1.